The Kier molecular flexibility index (Phi) is 17.7. The summed E-state index contributed by atoms with van der Waals surface area (Å²) < 4.78 is 8.23. The summed E-state index contributed by atoms with van der Waals surface area (Å²) in [6.45, 7) is 7.01. The number of pyridine rings is 1. The average molecular weight is 691 g/mol. The van der Waals surface area contributed by atoms with E-state index in [-0.39, 0.29) is 29.9 Å². The minimum absolute atomic E-state index is 0. The lowest BCUT2D eigenvalue weighted by Crippen LogP contribution is -3.00. The molecular formula is C35H48ClIN2O2. The van der Waals surface area contributed by atoms with Crippen molar-refractivity contribution in [2.75, 3.05) is 6.61 Å². The number of rotatable bonds is 19. The van der Waals surface area contributed by atoms with E-state index >= 15 is 0 Å². The van der Waals surface area contributed by atoms with Gasteiger partial charge in [-0.05, 0) is 36.2 Å². The van der Waals surface area contributed by atoms with Crippen LogP contribution in [0.2, 0.25) is 5.02 Å². The fourth-order valence-corrected chi connectivity index (χ4v) is 5.28. The van der Waals surface area contributed by atoms with Crippen molar-refractivity contribution in [3.05, 3.63) is 94.8 Å². The van der Waals surface area contributed by atoms with Crippen molar-refractivity contribution < 1.29 is 38.1 Å². The maximum atomic E-state index is 13.6. The van der Waals surface area contributed by atoms with E-state index in [0.29, 0.717) is 36.0 Å². The Hall–Kier alpha value is -2.12. The van der Waals surface area contributed by atoms with Crippen molar-refractivity contribution in [3.63, 3.8) is 0 Å². The number of aromatic nitrogens is 1. The molecule has 3 rings (SSSR count). The highest BCUT2D eigenvalue weighted by Crippen LogP contribution is 2.27. The Labute approximate surface area is 270 Å². The van der Waals surface area contributed by atoms with Crippen molar-refractivity contribution in [2.24, 2.45) is 0 Å². The Bertz CT molecular complexity index is 1140. The average Bonchev–Trinajstić information content (AvgIpc) is 2.97. The summed E-state index contributed by atoms with van der Waals surface area (Å²) in [5, 5.41) is 0.595. The lowest BCUT2D eigenvalue weighted by Gasteiger charge is -2.22. The van der Waals surface area contributed by atoms with Gasteiger partial charge in [-0.15, -0.1) is 0 Å². The zero-order valence-corrected chi connectivity index (χ0v) is 27.9. The van der Waals surface area contributed by atoms with Crippen LogP contribution in [-0.4, -0.2) is 17.4 Å². The van der Waals surface area contributed by atoms with Crippen molar-refractivity contribution in [3.8, 4) is 5.75 Å². The number of amides is 1. The van der Waals surface area contributed by atoms with Gasteiger partial charge in [-0.1, -0.05) is 114 Å². The molecule has 0 aliphatic heterocycles. The molecule has 0 bridgehead atoms. The van der Waals surface area contributed by atoms with Gasteiger partial charge in [0.05, 0.1) is 11.6 Å². The van der Waals surface area contributed by atoms with Gasteiger partial charge in [-0.25, -0.2) is 4.57 Å². The molecular weight excluding hydrogens is 643 g/mol. The number of benzene rings is 2. The zero-order valence-electron chi connectivity index (χ0n) is 25.0. The first-order valence-corrected chi connectivity index (χ1v) is 15.7. The second kappa shape index (κ2) is 20.7. The predicted molar refractivity (Wildman–Crippen MR) is 166 cm³/mol. The first kappa shape index (κ1) is 35.1. The Morgan fingerprint density at radius 2 is 1.44 bits per heavy atom. The van der Waals surface area contributed by atoms with Crippen LogP contribution in [0.3, 0.4) is 0 Å². The van der Waals surface area contributed by atoms with Crippen molar-refractivity contribution in [1.82, 2.24) is 4.90 Å². The van der Waals surface area contributed by atoms with Crippen LogP contribution in [0.4, 0.5) is 0 Å². The van der Waals surface area contributed by atoms with Crippen LogP contribution < -0.4 is 33.3 Å². The molecule has 1 amide bonds. The number of nitrogens with zero attached hydrogens (tertiary/aromatic N) is 2. The number of aryl methyl sites for hydroxylation is 1. The number of hydrogen-bond acceptors (Lipinski definition) is 2. The molecule has 0 unspecified atom stereocenters. The summed E-state index contributed by atoms with van der Waals surface area (Å²) in [6.07, 6.45) is 16.1. The molecule has 0 fully saturated rings. The second-order valence-electron chi connectivity index (χ2n) is 10.7. The molecule has 0 aliphatic carbocycles. The van der Waals surface area contributed by atoms with Gasteiger partial charge in [-0.3, -0.25) is 4.79 Å². The number of unbranched alkanes of at least 4 members (excludes halogenated alkanes) is 9. The summed E-state index contributed by atoms with van der Waals surface area (Å²) >= 11 is 6.64. The molecule has 2 aromatic carbocycles. The van der Waals surface area contributed by atoms with Crippen LogP contribution in [0.15, 0.2) is 72.9 Å². The summed E-state index contributed by atoms with van der Waals surface area (Å²) in [7, 11) is 0. The van der Waals surface area contributed by atoms with Gasteiger partial charge < -0.3 is 33.6 Å². The van der Waals surface area contributed by atoms with E-state index in [1.165, 1.54) is 57.8 Å². The van der Waals surface area contributed by atoms with E-state index in [0.717, 1.165) is 30.6 Å². The molecule has 224 valence electrons. The number of ether oxygens (including phenoxy) is 1. The van der Waals surface area contributed by atoms with Crippen LogP contribution in [-0.2, 0) is 19.6 Å². The molecule has 4 nitrogen and oxygen atoms in total. The van der Waals surface area contributed by atoms with Gasteiger partial charge in [0.1, 0.15) is 18.8 Å². The molecule has 6 heteroatoms. The fourth-order valence-electron chi connectivity index (χ4n) is 5.02. The monoisotopic (exact) mass is 690 g/mol. The van der Waals surface area contributed by atoms with Gasteiger partial charge in [0.15, 0.2) is 6.20 Å². The van der Waals surface area contributed by atoms with E-state index < -0.39 is 0 Å². The van der Waals surface area contributed by atoms with Crippen molar-refractivity contribution >= 4 is 17.5 Å². The lowest BCUT2D eigenvalue weighted by atomic mass is 10.1. The molecule has 0 radical (unpaired) electrons. The van der Waals surface area contributed by atoms with E-state index in [2.05, 4.69) is 30.7 Å². The minimum Gasteiger partial charge on any atom is -1.00 e. The van der Waals surface area contributed by atoms with Gasteiger partial charge >= 0.3 is 0 Å². The zero-order chi connectivity index (χ0) is 28.4. The third-order valence-corrected chi connectivity index (χ3v) is 7.58. The maximum Gasteiger partial charge on any atom is 0.254 e. The van der Waals surface area contributed by atoms with Crippen molar-refractivity contribution in [2.45, 2.75) is 104 Å². The van der Waals surface area contributed by atoms with Crippen molar-refractivity contribution in [1.29, 1.82) is 0 Å². The Morgan fingerprint density at radius 3 is 2.10 bits per heavy atom. The highest BCUT2D eigenvalue weighted by molar-refractivity contribution is 6.32. The largest absolute Gasteiger partial charge is 1.00 e. The summed E-state index contributed by atoms with van der Waals surface area (Å²) in [4.78, 5) is 15.5. The van der Waals surface area contributed by atoms with E-state index in [4.69, 9.17) is 16.3 Å². The van der Waals surface area contributed by atoms with Crippen LogP contribution in [0.1, 0.15) is 106 Å². The lowest BCUT2D eigenvalue weighted by molar-refractivity contribution is -0.705. The quantitative estimate of drug-likeness (QED) is 0.0856. The highest BCUT2D eigenvalue weighted by Gasteiger charge is 2.21. The first-order chi connectivity index (χ1) is 19.6. The van der Waals surface area contributed by atoms with E-state index in [1.54, 1.807) is 0 Å². The number of carbonyl (C=O) groups is 1. The topological polar surface area (TPSA) is 33.4 Å². The fraction of sp³-hybridized carbons (Fsp3) is 0.486. The normalized spacial score (nSPS) is 10.7. The van der Waals surface area contributed by atoms with Crippen LogP contribution >= 0.6 is 11.6 Å². The van der Waals surface area contributed by atoms with Gasteiger partial charge in [0.25, 0.3) is 5.91 Å². The number of halogens is 2. The summed E-state index contributed by atoms with van der Waals surface area (Å²) in [5.74, 6) is 0.719. The van der Waals surface area contributed by atoms with Gasteiger partial charge in [0.2, 0.25) is 5.69 Å². The Morgan fingerprint density at radius 1 is 0.780 bits per heavy atom. The molecule has 0 atom stereocenters. The van der Waals surface area contributed by atoms with Crippen LogP contribution in [0.5, 0.6) is 5.75 Å². The minimum atomic E-state index is 0. The third kappa shape index (κ3) is 12.7. The van der Waals surface area contributed by atoms with Crippen LogP contribution in [0, 0.1) is 0 Å². The molecule has 3 aromatic rings. The molecule has 0 saturated carbocycles. The number of hydrogen-bond donors (Lipinski definition) is 0. The molecule has 0 saturated heterocycles. The Balaban J connectivity index is 0.00000588. The second-order valence-corrected chi connectivity index (χ2v) is 11.1. The van der Waals surface area contributed by atoms with Crippen LogP contribution in [0.25, 0.3) is 0 Å². The predicted octanol–water partition coefficient (Wildman–Crippen LogP) is 6.18. The molecule has 0 N–H and O–H groups in total. The molecule has 0 aliphatic rings. The first-order valence-electron chi connectivity index (χ1n) is 15.3. The SMILES string of the molecule is CCCCCCCCCCCCOc1ccc(CN(Cc2cccc[n+]2CCC)C(=O)c2ccccc2)cc1Cl.[I-]. The summed E-state index contributed by atoms with van der Waals surface area (Å²) in [5.41, 5.74) is 2.78. The highest BCUT2D eigenvalue weighted by atomic mass is 127. The molecule has 41 heavy (non-hydrogen) atoms. The standard InChI is InChI=1S/C35H48ClN2O2.HI/c1-3-5-6-7-8-9-10-11-12-18-26-40-34-23-22-30(27-33(34)36)28-38(35(39)31-19-14-13-15-20-31)29-32-21-16-17-25-37(32)24-4-2;/h13-17,19-23,25,27H,3-12,18,24,26,28-29H2,1-2H3;1H/q+1;/p-1. The van der Waals surface area contributed by atoms with E-state index in [1.807, 2.05) is 65.6 Å². The number of carbonyl (C=O) groups excluding carboxylic acids is 1. The smallest absolute Gasteiger partial charge is 0.254 e. The molecule has 1 heterocycles. The third-order valence-electron chi connectivity index (χ3n) is 7.29. The summed E-state index contributed by atoms with van der Waals surface area (Å²) in [6, 6.07) is 21.6. The van der Waals surface area contributed by atoms with Gasteiger partial charge in [-0.2, -0.15) is 0 Å². The maximum absolute atomic E-state index is 13.6. The molecule has 0 spiro atoms. The van der Waals surface area contributed by atoms with E-state index in [9.17, 15) is 4.79 Å². The molecule has 1 aromatic heterocycles. The van der Waals surface area contributed by atoms with Gasteiger partial charge in [0, 0.05) is 30.7 Å².